The van der Waals surface area contributed by atoms with E-state index in [4.69, 9.17) is 27.1 Å². The molecule has 5 nitrogen and oxygen atoms in total. The highest BCUT2D eigenvalue weighted by Crippen LogP contribution is 2.28. The van der Waals surface area contributed by atoms with Crippen molar-refractivity contribution in [1.82, 2.24) is 9.55 Å². The van der Waals surface area contributed by atoms with Crippen molar-refractivity contribution < 1.29 is 9.78 Å². The number of hydrogen-bond acceptors (Lipinski definition) is 4. The number of nitrogens with two attached hydrogens (primary N) is 1. The molecule has 0 atom stereocenters. The van der Waals surface area contributed by atoms with Gasteiger partial charge in [-0.2, -0.15) is 4.89 Å². The number of hydrogen-bond donors (Lipinski definition) is 1. The lowest BCUT2D eigenvalue weighted by atomic mass is 10.1. The number of aromatic nitrogens is 2. The van der Waals surface area contributed by atoms with E-state index in [-0.39, 0.29) is 0 Å². The third-order valence-corrected chi connectivity index (χ3v) is 3.81. The van der Waals surface area contributed by atoms with Crippen LogP contribution in [0.15, 0.2) is 36.4 Å². The van der Waals surface area contributed by atoms with E-state index >= 15 is 0 Å². The van der Waals surface area contributed by atoms with Crippen LogP contribution in [0, 0.1) is 0 Å². The number of nitrogens with zero attached hydrogens (tertiary/aromatic N) is 2. The number of fused-ring (bicyclic) bond motifs is 2. The van der Waals surface area contributed by atoms with Crippen LogP contribution in [0.4, 0.5) is 5.95 Å². The molecule has 1 aromatic heterocycles. The molecular weight excluding hydrogens is 290 g/mol. The molecule has 0 aliphatic carbocycles. The minimum absolute atomic E-state index is 0.463. The third kappa shape index (κ3) is 2.11. The van der Waals surface area contributed by atoms with Gasteiger partial charge in [0.2, 0.25) is 5.95 Å². The van der Waals surface area contributed by atoms with Gasteiger partial charge in [0.25, 0.3) is 0 Å². The van der Waals surface area contributed by atoms with Gasteiger partial charge in [-0.1, -0.05) is 23.7 Å². The molecule has 0 amide bonds. The van der Waals surface area contributed by atoms with Gasteiger partial charge in [0.05, 0.1) is 17.6 Å². The molecule has 4 rings (SSSR count). The molecule has 1 aliphatic rings. The summed E-state index contributed by atoms with van der Waals surface area (Å²) in [6, 6.07) is 11.5. The van der Waals surface area contributed by atoms with E-state index in [0.29, 0.717) is 24.1 Å². The summed E-state index contributed by atoms with van der Waals surface area (Å²) in [6.45, 7) is 1.08. The lowest BCUT2D eigenvalue weighted by Crippen LogP contribution is -2.04. The Balaban J connectivity index is 1.77. The summed E-state index contributed by atoms with van der Waals surface area (Å²) in [5, 5.41) is 0.661. The monoisotopic (exact) mass is 301 g/mol. The second-order valence-electron chi connectivity index (χ2n) is 4.98. The summed E-state index contributed by atoms with van der Waals surface area (Å²) in [7, 11) is 0. The summed E-state index contributed by atoms with van der Waals surface area (Å²) in [5.41, 5.74) is 9.87. The number of anilines is 1. The van der Waals surface area contributed by atoms with E-state index in [1.165, 1.54) is 0 Å². The molecule has 106 valence electrons. The van der Waals surface area contributed by atoms with Crippen LogP contribution in [0.1, 0.15) is 11.1 Å². The van der Waals surface area contributed by atoms with Crippen LogP contribution in [0.3, 0.4) is 0 Å². The smallest absolute Gasteiger partial charge is 0.201 e. The van der Waals surface area contributed by atoms with Crippen molar-refractivity contribution >= 4 is 28.6 Å². The Morgan fingerprint density at radius 2 is 2.14 bits per heavy atom. The van der Waals surface area contributed by atoms with Gasteiger partial charge >= 0.3 is 0 Å². The largest absolute Gasteiger partial charge is 0.369 e. The SMILES string of the molecule is Nc1nc2ccc(Cl)cc2n1Cc1ccc2c(c1)OOC2. The third-order valence-electron chi connectivity index (χ3n) is 3.58. The molecule has 0 unspecified atom stereocenters. The van der Waals surface area contributed by atoms with Crippen LogP contribution < -0.4 is 10.6 Å². The number of benzene rings is 2. The average molecular weight is 302 g/mol. The molecule has 1 aliphatic heterocycles. The predicted molar refractivity (Wildman–Crippen MR) is 80.1 cm³/mol. The lowest BCUT2D eigenvalue weighted by molar-refractivity contribution is -0.194. The summed E-state index contributed by atoms with van der Waals surface area (Å²) in [5.74, 6) is 1.22. The molecule has 0 spiro atoms. The van der Waals surface area contributed by atoms with Crippen LogP contribution in [0.5, 0.6) is 5.75 Å². The van der Waals surface area contributed by atoms with Crippen molar-refractivity contribution in [2.45, 2.75) is 13.2 Å². The Bertz CT molecular complexity index is 844. The maximum Gasteiger partial charge on any atom is 0.201 e. The molecule has 6 heteroatoms. The van der Waals surface area contributed by atoms with Gasteiger partial charge in [-0.3, -0.25) is 0 Å². The highest BCUT2D eigenvalue weighted by atomic mass is 35.5. The molecule has 0 saturated heterocycles. The van der Waals surface area contributed by atoms with E-state index in [1.54, 1.807) is 6.07 Å². The van der Waals surface area contributed by atoms with E-state index in [0.717, 1.165) is 27.9 Å². The number of rotatable bonds is 2. The van der Waals surface area contributed by atoms with Gasteiger partial charge in [0, 0.05) is 10.6 Å². The first-order valence-corrected chi connectivity index (χ1v) is 6.91. The predicted octanol–water partition coefficient (Wildman–Crippen LogP) is 3.14. The van der Waals surface area contributed by atoms with Gasteiger partial charge in [-0.15, -0.1) is 0 Å². The van der Waals surface area contributed by atoms with Crippen molar-refractivity contribution in [3.8, 4) is 5.75 Å². The van der Waals surface area contributed by atoms with Gasteiger partial charge in [-0.25, -0.2) is 4.98 Å². The molecule has 0 saturated carbocycles. The number of halogens is 1. The number of nitrogen functional groups attached to an aromatic ring is 1. The molecule has 21 heavy (non-hydrogen) atoms. The summed E-state index contributed by atoms with van der Waals surface area (Å²) in [4.78, 5) is 14.4. The topological polar surface area (TPSA) is 62.3 Å². The van der Waals surface area contributed by atoms with Gasteiger partial charge in [-0.05, 0) is 29.8 Å². The zero-order valence-corrected chi connectivity index (χ0v) is 11.8. The highest BCUT2D eigenvalue weighted by Gasteiger charge is 2.15. The van der Waals surface area contributed by atoms with Crippen molar-refractivity contribution in [3.63, 3.8) is 0 Å². The fourth-order valence-electron chi connectivity index (χ4n) is 2.51. The zero-order chi connectivity index (χ0) is 14.4. The zero-order valence-electron chi connectivity index (χ0n) is 11.0. The minimum atomic E-state index is 0.463. The molecular formula is C15H12ClN3O2. The second-order valence-corrected chi connectivity index (χ2v) is 5.41. The Kier molecular flexibility index (Phi) is 2.77. The first-order chi connectivity index (χ1) is 10.2. The second kappa shape index (κ2) is 4.65. The molecule has 2 aromatic carbocycles. The molecule has 2 heterocycles. The van der Waals surface area contributed by atoms with Crippen molar-refractivity contribution in [1.29, 1.82) is 0 Å². The quantitative estimate of drug-likeness (QED) is 0.739. The fraction of sp³-hybridized carbons (Fsp3) is 0.133. The Morgan fingerprint density at radius 1 is 1.24 bits per heavy atom. The van der Waals surface area contributed by atoms with E-state index in [9.17, 15) is 0 Å². The Morgan fingerprint density at radius 3 is 3.05 bits per heavy atom. The summed E-state index contributed by atoms with van der Waals surface area (Å²) in [6.07, 6.45) is 0. The standard InChI is InChI=1S/C15H12ClN3O2/c16-11-3-4-12-13(6-11)19(15(17)18-12)7-9-1-2-10-8-20-21-14(10)5-9/h1-6H,7-8H2,(H2,17,18). The van der Waals surface area contributed by atoms with Gasteiger partial charge in [0.1, 0.15) is 6.61 Å². The van der Waals surface area contributed by atoms with Crippen molar-refractivity contribution in [3.05, 3.63) is 52.5 Å². The minimum Gasteiger partial charge on any atom is -0.369 e. The molecule has 0 radical (unpaired) electrons. The van der Waals surface area contributed by atoms with Crippen molar-refractivity contribution in [2.24, 2.45) is 0 Å². The van der Waals surface area contributed by atoms with Gasteiger partial charge in [0.15, 0.2) is 5.75 Å². The highest BCUT2D eigenvalue weighted by molar-refractivity contribution is 6.31. The maximum atomic E-state index is 6.06. The van der Waals surface area contributed by atoms with E-state index in [2.05, 4.69) is 4.98 Å². The Labute approximate surface area is 125 Å². The van der Waals surface area contributed by atoms with Crippen LogP contribution in [0.25, 0.3) is 11.0 Å². The first-order valence-electron chi connectivity index (χ1n) is 6.53. The summed E-state index contributed by atoms with van der Waals surface area (Å²) >= 11 is 6.06. The lowest BCUT2D eigenvalue weighted by Gasteiger charge is -2.07. The van der Waals surface area contributed by atoms with Crippen molar-refractivity contribution in [2.75, 3.05) is 5.73 Å². The Hall–Kier alpha value is -2.24. The van der Waals surface area contributed by atoms with Crippen LogP contribution >= 0.6 is 11.6 Å². The summed E-state index contributed by atoms with van der Waals surface area (Å²) < 4.78 is 1.93. The van der Waals surface area contributed by atoms with E-state index < -0.39 is 0 Å². The molecule has 0 bridgehead atoms. The first kappa shape index (κ1) is 12.5. The van der Waals surface area contributed by atoms with Crippen LogP contribution in [0.2, 0.25) is 5.02 Å². The van der Waals surface area contributed by atoms with Gasteiger partial charge < -0.3 is 15.2 Å². The molecule has 2 N–H and O–H groups in total. The van der Waals surface area contributed by atoms with Crippen LogP contribution in [-0.4, -0.2) is 9.55 Å². The fourth-order valence-corrected chi connectivity index (χ4v) is 2.68. The normalized spacial score (nSPS) is 13.4. The number of imidazole rings is 1. The van der Waals surface area contributed by atoms with E-state index in [1.807, 2.05) is 34.9 Å². The van der Waals surface area contributed by atoms with Crippen LogP contribution in [-0.2, 0) is 18.0 Å². The molecule has 3 aromatic rings. The maximum absolute atomic E-state index is 6.06. The molecule has 0 fully saturated rings. The average Bonchev–Trinajstić information content (AvgIpc) is 3.04.